The van der Waals surface area contributed by atoms with Crippen molar-refractivity contribution in [1.82, 2.24) is 4.98 Å². The first-order valence-corrected chi connectivity index (χ1v) is 8.00. The largest absolute Gasteiger partial charge is 0.483 e. The number of rotatable bonds is 4. The number of aryl methyl sites for hydroxylation is 3. The zero-order valence-electron chi connectivity index (χ0n) is 14.4. The summed E-state index contributed by atoms with van der Waals surface area (Å²) in [6.07, 6.45) is 0. The number of carbonyl (C=O) groups is 1. The van der Waals surface area contributed by atoms with Crippen molar-refractivity contribution in [3.63, 3.8) is 0 Å². The number of anilines is 1. The first-order valence-electron chi connectivity index (χ1n) is 8.00. The zero-order valence-corrected chi connectivity index (χ0v) is 14.4. The minimum atomic E-state index is -0.411. The van der Waals surface area contributed by atoms with Crippen molar-refractivity contribution in [1.29, 1.82) is 0 Å². The van der Waals surface area contributed by atoms with E-state index < -0.39 is 5.82 Å². The molecule has 0 aliphatic heterocycles. The Morgan fingerprint density at radius 3 is 2.52 bits per heavy atom. The number of hydrogen-bond acceptors (Lipinski definition) is 3. The van der Waals surface area contributed by atoms with Gasteiger partial charge in [-0.2, -0.15) is 0 Å². The van der Waals surface area contributed by atoms with Crippen molar-refractivity contribution < 1.29 is 13.9 Å². The summed E-state index contributed by atoms with van der Waals surface area (Å²) in [5.41, 5.74) is 3.63. The number of ether oxygens (including phenoxy) is 1. The number of carbonyl (C=O) groups excluding carboxylic acids is 1. The maximum atomic E-state index is 13.9. The number of benzene rings is 2. The summed E-state index contributed by atoms with van der Waals surface area (Å²) in [5, 5.41) is 3.42. The molecule has 0 atom stereocenters. The summed E-state index contributed by atoms with van der Waals surface area (Å²) < 4.78 is 19.6. The van der Waals surface area contributed by atoms with E-state index in [0.717, 1.165) is 16.8 Å². The van der Waals surface area contributed by atoms with Gasteiger partial charge in [0.15, 0.2) is 6.61 Å². The molecule has 3 aromatic rings. The summed E-state index contributed by atoms with van der Waals surface area (Å²) >= 11 is 0. The normalized spacial score (nSPS) is 10.7. The van der Waals surface area contributed by atoms with Crippen LogP contribution in [-0.2, 0) is 4.79 Å². The van der Waals surface area contributed by atoms with Crippen LogP contribution in [0.1, 0.15) is 16.8 Å². The fourth-order valence-electron chi connectivity index (χ4n) is 2.75. The van der Waals surface area contributed by atoms with Crippen LogP contribution in [0.4, 0.5) is 10.1 Å². The molecule has 0 saturated carbocycles. The molecule has 0 aliphatic carbocycles. The van der Waals surface area contributed by atoms with Crippen molar-refractivity contribution in [2.75, 3.05) is 11.9 Å². The standard InChI is InChI=1S/C20H19FN2O2/c1-12-6-4-7-13(2)19(12)23-18(24)11-25-17-10-14(3)22-20-15(17)8-5-9-16(20)21/h4-10H,11H2,1-3H3,(H,23,24). The topological polar surface area (TPSA) is 51.2 Å². The molecule has 4 nitrogen and oxygen atoms in total. The zero-order chi connectivity index (χ0) is 18.0. The molecule has 0 radical (unpaired) electrons. The number of halogens is 1. The van der Waals surface area contributed by atoms with Crippen molar-refractivity contribution >= 4 is 22.5 Å². The van der Waals surface area contributed by atoms with Gasteiger partial charge in [0.1, 0.15) is 17.1 Å². The second-order valence-electron chi connectivity index (χ2n) is 6.00. The van der Waals surface area contributed by atoms with Gasteiger partial charge in [0.2, 0.25) is 0 Å². The molecule has 1 aromatic heterocycles. The minimum Gasteiger partial charge on any atom is -0.483 e. The van der Waals surface area contributed by atoms with Crippen LogP contribution in [0.25, 0.3) is 10.9 Å². The summed E-state index contributed by atoms with van der Waals surface area (Å²) in [5.74, 6) is -0.235. The molecule has 1 N–H and O–H groups in total. The molecule has 1 amide bonds. The van der Waals surface area contributed by atoms with Crippen molar-refractivity contribution in [2.24, 2.45) is 0 Å². The van der Waals surface area contributed by atoms with E-state index in [9.17, 15) is 9.18 Å². The van der Waals surface area contributed by atoms with Gasteiger partial charge in [0.05, 0.1) is 0 Å². The van der Waals surface area contributed by atoms with E-state index in [-0.39, 0.29) is 18.0 Å². The molecule has 1 heterocycles. The first-order chi connectivity index (χ1) is 12.0. The van der Waals surface area contributed by atoms with E-state index in [4.69, 9.17) is 4.74 Å². The Bertz CT molecular complexity index is 934. The molecule has 0 saturated heterocycles. The maximum absolute atomic E-state index is 13.9. The van der Waals surface area contributed by atoms with Crippen LogP contribution < -0.4 is 10.1 Å². The molecule has 0 bridgehead atoms. The summed E-state index contributed by atoms with van der Waals surface area (Å²) in [4.78, 5) is 16.5. The highest BCUT2D eigenvalue weighted by molar-refractivity contribution is 5.94. The van der Waals surface area contributed by atoms with Crippen LogP contribution in [0.3, 0.4) is 0 Å². The summed E-state index contributed by atoms with van der Waals surface area (Å²) in [6.45, 7) is 5.47. The molecule has 0 fully saturated rings. The lowest BCUT2D eigenvalue weighted by Crippen LogP contribution is -2.21. The number of fused-ring (bicyclic) bond motifs is 1. The Morgan fingerprint density at radius 2 is 1.80 bits per heavy atom. The van der Waals surface area contributed by atoms with E-state index in [1.807, 2.05) is 32.0 Å². The Labute approximate surface area is 145 Å². The van der Waals surface area contributed by atoms with E-state index in [2.05, 4.69) is 10.3 Å². The predicted molar refractivity (Wildman–Crippen MR) is 96.5 cm³/mol. The second-order valence-corrected chi connectivity index (χ2v) is 6.00. The van der Waals surface area contributed by atoms with Gasteiger partial charge in [-0.15, -0.1) is 0 Å². The Kier molecular flexibility index (Phi) is 4.65. The number of para-hydroxylation sites is 2. The van der Waals surface area contributed by atoms with Crippen LogP contribution in [0, 0.1) is 26.6 Å². The van der Waals surface area contributed by atoms with Gasteiger partial charge in [-0.1, -0.05) is 24.3 Å². The van der Waals surface area contributed by atoms with E-state index in [0.29, 0.717) is 16.8 Å². The highest BCUT2D eigenvalue weighted by atomic mass is 19.1. The van der Waals surface area contributed by atoms with Gasteiger partial charge in [-0.05, 0) is 44.0 Å². The molecule has 0 aliphatic rings. The van der Waals surface area contributed by atoms with Gasteiger partial charge >= 0.3 is 0 Å². The SMILES string of the molecule is Cc1cc(OCC(=O)Nc2c(C)cccc2C)c2cccc(F)c2n1. The Balaban J connectivity index is 1.79. The van der Waals surface area contributed by atoms with Gasteiger partial charge in [0.25, 0.3) is 5.91 Å². The number of pyridine rings is 1. The van der Waals surface area contributed by atoms with Crippen LogP contribution in [0.5, 0.6) is 5.75 Å². The molecular weight excluding hydrogens is 319 g/mol. The molecule has 0 spiro atoms. The Morgan fingerprint density at radius 1 is 1.12 bits per heavy atom. The van der Waals surface area contributed by atoms with Crippen LogP contribution in [0.15, 0.2) is 42.5 Å². The Hall–Kier alpha value is -2.95. The average Bonchev–Trinajstić information content (AvgIpc) is 2.57. The number of nitrogens with one attached hydrogen (secondary N) is 1. The number of amides is 1. The smallest absolute Gasteiger partial charge is 0.262 e. The molecule has 5 heteroatoms. The number of aromatic nitrogens is 1. The highest BCUT2D eigenvalue weighted by Crippen LogP contribution is 2.27. The average molecular weight is 338 g/mol. The third-order valence-electron chi connectivity index (χ3n) is 3.98. The van der Waals surface area contributed by atoms with Gasteiger partial charge in [-0.3, -0.25) is 4.79 Å². The second kappa shape index (κ2) is 6.89. The first kappa shape index (κ1) is 16.9. The lowest BCUT2D eigenvalue weighted by atomic mass is 10.1. The highest BCUT2D eigenvalue weighted by Gasteiger charge is 2.12. The van der Waals surface area contributed by atoms with Crippen LogP contribution in [-0.4, -0.2) is 17.5 Å². The molecule has 128 valence electrons. The molecular formula is C20H19FN2O2. The quantitative estimate of drug-likeness (QED) is 0.771. The fraction of sp³-hybridized carbons (Fsp3) is 0.200. The molecule has 2 aromatic carbocycles. The lowest BCUT2D eigenvalue weighted by Gasteiger charge is -2.13. The van der Waals surface area contributed by atoms with Crippen molar-refractivity contribution in [2.45, 2.75) is 20.8 Å². The van der Waals surface area contributed by atoms with E-state index in [1.54, 1.807) is 25.1 Å². The molecule has 0 unspecified atom stereocenters. The number of hydrogen-bond donors (Lipinski definition) is 1. The van der Waals surface area contributed by atoms with Gasteiger partial charge in [0, 0.05) is 22.8 Å². The number of nitrogens with zero attached hydrogens (tertiary/aromatic N) is 1. The summed E-state index contributed by atoms with van der Waals surface area (Å²) in [6, 6.07) is 12.2. The third kappa shape index (κ3) is 3.60. The summed E-state index contributed by atoms with van der Waals surface area (Å²) in [7, 11) is 0. The van der Waals surface area contributed by atoms with Crippen molar-refractivity contribution in [3.05, 3.63) is 65.1 Å². The maximum Gasteiger partial charge on any atom is 0.262 e. The van der Waals surface area contributed by atoms with Crippen LogP contribution >= 0.6 is 0 Å². The molecule has 3 rings (SSSR count). The van der Waals surface area contributed by atoms with Gasteiger partial charge < -0.3 is 10.1 Å². The van der Waals surface area contributed by atoms with E-state index in [1.165, 1.54) is 6.07 Å². The minimum absolute atomic E-state index is 0.164. The lowest BCUT2D eigenvalue weighted by molar-refractivity contribution is -0.118. The predicted octanol–water partition coefficient (Wildman–Crippen LogP) is 4.32. The monoisotopic (exact) mass is 338 g/mol. The fourth-order valence-corrected chi connectivity index (χ4v) is 2.75. The molecule has 25 heavy (non-hydrogen) atoms. The van der Waals surface area contributed by atoms with Crippen molar-refractivity contribution in [3.8, 4) is 5.75 Å². The van der Waals surface area contributed by atoms with Crippen LogP contribution in [0.2, 0.25) is 0 Å². The third-order valence-corrected chi connectivity index (χ3v) is 3.98. The van der Waals surface area contributed by atoms with E-state index >= 15 is 0 Å². The van der Waals surface area contributed by atoms with Gasteiger partial charge in [-0.25, -0.2) is 9.37 Å².